The Bertz CT molecular complexity index is 927. The highest BCUT2D eigenvalue weighted by Crippen LogP contribution is 2.44. The zero-order valence-corrected chi connectivity index (χ0v) is 23.1. The minimum atomic E-state index is -2.82. The van der Waals surface area contributed by atoms with Crippen LogP contribution in [0.15, 0.2) is 51.8 Å². The predicted octanol–water partition coefficient (Wildman–Crippen LogP) is 7.63. The predicted molar refractivity (Wildman–Crippen MR) is 143 cm³/mol. The molecule has 188 valence electrons. The van der Waals surface area contributed by atoms with E-state index in [9.17, 15) is 8.96 Å². The summed E-state index contributed by atoms with van der Waals surface area (Å²) in [5.41, 5.74) is 2.15. The van der Waals surface area contributed by atoms with Crippen LogP contribution >= 0.6 is 35.9 Å². The molecular formula is C26H36BrFNO3PS. The lowest BCUT2D eigenvalue weighted by Crippen LogP contribution is -2.30. The molecular weight excluding hydrogens is 536 g/mol. The van der Waals surface area contributed by atoms with Gasteiger partial charge < -0.3 is 14.7 Å². The first kappa shape index (κ1) is 27.9. The molecule has 1 atom stereocenters. The summed E-state index contributed by atoms with van der Waals surface area (Å²) in [5.74, 6) is 1.02. The molecule has 0 saturated heterocycles. The lowest BCUT2D eigenvalue weighted by atomic mass is 9.66. The fourth-order valence-corrected chi connectivity index (χ4v) is 6.90. The molecule has 2 N–H and O–H groups in total. The van der Waals surface area contributed by atoms with Crippen molar-refractivity contribution in [1.29, 1.82) is 0 Å². The molecule has 0 heterocycles. The van der Waals surface area contributed by atoms with Crippen molar-refractivity contribution < 1.29 is 18.4 Å². The molecule has 3 rings (SSSR count). The van der Waals surface area contributed by atoms with Crippen LogP contribution in [0, 0.1) is 5.82 Å². The van der Waals surface area contributed by atoms with Gasteiger partial charge in [-0.15, -0.1) is 11.8 Å². The van der Waals surface area contributed by atoms with Gasteiger partial charge in [-0.2, -0.15) is 0 Å². The van der Waals surface area contributed by atoms with E-state index in [0.717, 1.165) is 61.0 Å². The molecule has 1 saturated carbocycles. The van der Waals surface area contributed by atoms with Crippen molar-refractivity contribution in [2.24, 2.45) is 0 Å². The van der Waals surface area contributed by atoms with E-state index in [4.69, 9.17) is 4.89 Å². The lowest BCUT2D eigenvalue weighted by molar-refractivity contribution is 0.260. The monoisotopic (exact) mass is 571 g/mol. The van der Waals surface area contributed by atoms with Gasteiger partial charge in [-0.3, -0.25) is 4.57 Å². The fourth-order valence-electron chi connectivity index (χ4n) is 4.88. The molecule has 0 spiro atoms. The van der Waals surface area contributed by atoms with Gasteiger partial charge in [0.1, 0.15) is 5.82 Å². The van der Waals surface area contributed by atoms with Gasteiger partial charge in [0.15, 0.2) is 0 Å². The van der Waals surface area contributed by atoms with Gasteiger partial charge >= 0.3 is 8.25 Å². The zero-order chi connectivity index (χ0) is 24.2. The first-order chi connectivity index (χ1) is 16.5. The van der Waals surface area contributed by atoms with Gasteiger partial charge in [-0.25, -0.2) is 4.39 Å². The van der Waals surface area contributed by atoms with Crippen molar-refractivity contribution in [3.63, 3.8) is 0 Å². The molecule has 1 aliphatic carbocycles. The average Bonchev–Trinajstić information content (AvgIpc) is 2.83. The molecule has 2 aromatic rings. The topological polar surface area (TPSA) is 58.6 Å². The number of hydrogen-bond acceptors (Lipinski definition) is 4. The summed E-state index contributed by atoms with van der Waals surface area (Å²) >= 11 is 5.58. The highest BCUT2D eigenvalue weighted by molar-refractivity contribution is 9.10. The normalized spacial score (nSPS) is 16.4. The summed E-state index contributed by atoms with van der Waals surface area (Å²) in [6.45, 7) is 1.77. The molecule has 4 nitrogen and oxygen atoms in total. The number of halogens is 2. The van der Waals surface area contributed by atoms with Crippen molar-refractivity contribution in [2.45, 2.75) is 74.6 Å². The van der Waals surface area contributed by atoms with Gasteiger partial charge in [0.05, 0.1) is 6.61 Å². The number of hydrogen-bond donors (Lipinski definition) is 2. The van der Waals surface area contributed by atoms with E-state index in [2.05, 4.69) is 44.0 Å². The second kappa shape index (κ2) is 14.8. The Morgan fingerprint density at radius 2 is 1.91 bits per heavy atom. The molecule has 0 aliphatic heterocycles. The molecule has 1 aliphatic rings. The van der Waals surface area contributed by atoms with Gasteiger partial charge in [-0.05, 0) is 95.1 Å². The summed E-state index contributed by atoms with van der Waals surface area (Å²) in [6, 6.07) is 13.9. The van der Waals surface area contributed by atoms with Crippen LogP contribution in [0.25, 0.3) is 0 Å². The Morgan fingerprint density at radius 3 is 2.65 bits per heavy atom. The maximum atomic E-state index is 14.6. The summed E-state index contributed by atoms with van der Waals surface area (Å²) < 4.78 is 30.9. The summed E-state index contributed by atoms with van der Waals surface area (Å²) in [5, 5.41) is 3.33. The van der Waals surface area contributed by atoms with E-state index >= 15 is 0 Å². The molecule has 0 radical (unpaired) electrons. The van der Waals surface area contributed by atoms with Crippen LogP contribution in [0.5, 0.6) is 0 Å². The molecule has 0 amide bonds. The van der Waals surface area contributed by atoms with E-state index in [0.29, 0.717) is 13.0 Å². The largest absolute Gasteiger partial charge is 0.326 e. The number of rotatable bonds is 14. The number of benzene rings is 2. The number of thioether (sulfide) groups is 1. The second-order valence-electron chi connectivity index (χ2n) is 9.04. The first-order valence-corrected chi connectivity index (χ1v) is 15.3. The number of unbranched alkanes of at least 4 members (excludes halogenated alkanes) is 1. The molecule has 1 unspecified atom stereocenters. The van der Waals surface area contributed by atoms with Crippen LogP contribution in [0.1, 0.15) is 68.9 Å². The van der Waals surface area contributed by atoms with Crippen LogP contribution in [0.2, 0.25) is 0 Å². The fraction of sp³-hybridized carbons (Fsp3) is 0.538. The molecule has 0 bridgehead atoms. The third-order valence-electron chi connectivity index (χ3n) is 6.61. The Kier molecular flexibility index (Phi) is 12.1. The Morgan fingerprint density at radius 1 is 1.12 bits per heavy atom. The Hall–Kier alpha value is -0.690. The maximum Gasteiger partial charge on any atom is 0.316 e. The Balaban J connectivity index is 1.41. The maximum absolute atomic E-state index is 14.6. The highest BCUT2D eigenvalue weighted by Gasteiger charge is 2.35. The highest BCUT2D eigenvalue weighted by atomic mass is 79.9. The SMILES string of the molecule is O=[PH](O)OCCCNCc1ccc(SCCCCC2(c3ccccc3F)CCCCC2)c(Br)c1. The van der Waals surface area contributed by atoms with E-state index in [-0.39, 0.29) is 11.2 Å². The van der Waals surface area contributed by atoms with Crippen molar-refractivity contribution in [3.8, 4) is 0 Å². The van der Waals surface area contributed by atoms with E-state index < -0.39 is 8.25 Å². The van der Waals surface area contributed by atoms with Crippen molar-refractivity contribution in [2.75, 3.05) is 18.9 Å². The third-order valence-corrected chi connectivity index (χ3v) is 9.14. The molecule has 0 aromatic heterocycles. The summed E-state index contributed by atoms with van der Waals surface area (Å²) in [6.07, 6.45) is 9.91. The minimum absolute atomic E-state index is 0.0197. The summed E-state index contributed by atoms with van der Waals surface area (Å²) in [4.78, 5) is 9.89. The third kappa shape index (κ3) is 8.76. The molecule has 2 aromatic carbocycles. The van der Waals surface area contributed by atoms with Gasteiger partial charge in [0.2, 0.25) is 0 Å². The van der Waals surface area contributed by atoms with Gasteiger partial charge in [0, 0.05) is 15.9 Å². The average molecular weight is 573 g/mol. The quantitative estimate of drug-likeness (QED) is 0.139. The number of nitrogens with one attached hydrogen (secondary N) is 1. The minimum Gasteiger partial charge on any atom is -0.326 e. The van der Waals surface area contributed by atoms with Crippen LogP contribution in [-0.4, -0.2) is 23.8 Å². The van der Waals surface area contributed by atoms with Gasteiger partial charge in [-0.1, -0.05) is 49.9 Å². The van der Waals surface area contributed by atoms with E-state index in [1.807, 2.05) is 23.9 Å². The van der Waals surface area contributed by atoms with Crippen molar-refractivity contribution >= 4 is 35.9 Å². The molecule has 34 heavy (non-hydrogen) atoms. The van der Waals surface area contributed by atoms with Crippen LogP contribution in [0.3, 0.4) is 0 Å². The smallest absolute Gasteiger partial charge is 0.316 e. The first-order valence-electron chi connectivity index (χ1n) is 12.2. The Labute approximate surface area is 216 Å². The standard InChI is InChI=1S/C26H36BrFNO3PS/c27-23-19-21(20-29-16-8-17-32-33(30)31)11-12-25(23)34-18-7-6-15-26(13-4-1-5-14-26)22-9-2-3-10-24(22)28/h2-3,9-12,19,29,33H,1,4-8,13-18,20H2,(H,30,31). The van der Waals surface area contributed by atoms with Crippen molar-refractivity contribution in [1.82, 2.24) is 5.32 Å². The van der Waals surface area contributed by atoms with E-state index in [1.54, 1.807) is 12.1 Å². The second-order valence-corrected chi connectivity index (χ2v) is 11.8. The van der Waals surface area contributed by atoms with Gasteiger partial charge in [0.25, 0.3) is 0 Å². The summed E-state index contributed by atoms with van der Waals surface area (Å²) in [7, 11) is -2.82. The van der Waals surface area contributed by atoms with Crippen LogP contribution in [-0.2, 0) is 21.0 Å². The van der Waals surface area contributed by atoms with Crippen LogP contribution < -0.4 is 5.32 Å². The zero-order valence-electron chi connectivity index (χ0n) is 19.7. The van der Waals surface area contributed by atoms with Crippen molar-refractivity contribution in [3.05, 3.63) is 63.9 Å². The van der Waals surface area contributed by atoms with E-state index in [1.165, 1.54) is 29.7 Å². The molecule has 1 fully saturated rings. The molecule has 8 heteroatoms. The van der Waals surface area contributed by atoms with Crippen LogP contribution in [0.4, 0.5) is 4.39 Å². The lowest BCUT2D eigenvalue weighted by Gasteiger charge is -2.38.